The quantitative estimate of drug-likeness (QED) is 0.589. The summed E-state index contributed by atoms with van der Waals surface area (Å²) in [6.45, 7) is -0.347. The van der Waals surface area contributed by atoms with E-state index >= 15 is 0 Å². The second kappa shape index (κ2) is 7.87. The third kappa shape index (κ3) is 4.01. The molecule has 7 nitrogen and oxygen atoms in total. The van der Waals surface area contributed by atoms with E-state index in [-0.39, 0.29) is 18.2 Å². The van der Waals surface area contributed by atoms with Gasteiger partial charge in [0, 0.05) is 6.20 Å². The van der Waals surface area contributed by atoms with Crippen molar-refractivity contribution in [2.75, 3.05) is 5.32 Å². The van der Waals surface area contributed by atoms with Gasteiger partial charge >= 0.3 is 0 Å². The van der Waals surface area contributed by atoms with Crippen LogP contribution in [0, 0.1) is 23.3 Å². The fourth-order valence-electron chi connectivity index (χ4n) is 2.75. The maximum atomic E-state index is 14.5. The molecular weight excluding hydrogens is 440 g/mol. The molecule has 0 spiro atoms. The molecule has 3 aromatic rings. The highest BCUT2D eigenvalue weighted by atomic mass is 32.2. The van der Waals surface area contributed by atoms with Gasteiger partial charge in [-0.3, -0.25) is 4.98 Å². The van der Waals surface area contributed by atoms with Gasteiger partial charge in [-0.2, -0.15) is 0 Å². The van der Waals surface area contributed by atoms with E-state index in [1.54, 1.807) is 0 Å². The second-order valence-electron chi connectivity index (χ2n) is 6.23. The maximum absolute atomic E-state index is 14.5. The Bertz CT molecular complexity index is 1300. The van der Waals surface area contributed by atoms with Crippen molar-refractivity contribution in [2.24, 2.45) is 4.99 Å². The third-order valence-electron chi connectivity index (χ3n) is 4.18. The molecule has 4 rings (SSSR count). The van der Waals surface area contributed by atoms with Crippen LogP contribution < -0.4 is 14.8 Å². The molecule has 0 saturated carbocycles. The van der Waals surface area contributed by atoms with E-state index < -0.39 is 55.4 Å². The van der Waals surface area contributed by atoms with E-state index in [0.29, 0.717) is 0 Å². The van der Waals surface area contributed by atoms with E-state index in [2.05, 4.69) is 20.0 Å². The number of ether oxygens (including phenoxy) is 1. The zero-order valence-corrected chi connectivity index (χ0v) is 16.2. The predicted molar refractivity (Wildman–Crippen MR) is 102 cm³/mol. The van der Waals surface area contributed by atoms with Crippen LogP contribution in [0.4, 0.5) is 23.2 Å². The minimum absolute atomic E-state index is 0.0639. The van der Waals surface area contributed by atoms with Crippen LogP contribution in [-0.4, -0.2) is 19.4 Å². The number of aliphatic imine (C=N–C) groups is 1. The predicted octanol–water partition coefficient (Wildman–Crippen LogP) is 3.69. The molecule has 1 aliphatic heterocycles. The lowest BCUT2D eigenvalue weighted by atomic mass is 10.2. The Hall–Kier alpha value is -3.67. The number of para-hydroxylation sites is 1. The molecule has 0 radical (unpaired) electrons. The number of hydrogen-bond acceptors (Lipinski definition) is 5. The van der Waals surface area contributed by atoms with Crippen molar-refractivity contribution in [3.63, 3.8) is 0 Å². The number of nitrogens with one attached hydrogen (secondary N) is 2. The zero-order valence-electron chi connectivity index (χ0n) is 15.4. The average Bonchev–Trinajstić information content (AvgIpc) is 2.71. The molecule has 0 amide bonds. The highest BCUT2D eigenvalue weighted by molar-refractivity contribution is 7.90. The number of aromatic nitrogens is 1. The number of hydrogen-bond donors (Lipinski definition) is 2. The lowest BCUT2D eigenvalue weighted by Crippen LogP contribution is -2.41. The Kier molecular flexibility index (Phi) is 5.23. The molecule has 0 atom stereocenters. The lowest BCUT2D eigenvalue weighted by Gasteiger charge is -2.24. The van der Waals surface area contributed by atoms with Crippen LogP contribution in [0.3, 0.4) is 0 Å². The molecule has 0 saturated heterocycles. The summed E-state index contributed by atoms with van der Waals surface area (Å²) < 4.78 is 88.5. The molecule has 0 bridgehead atoms. The molecule has 0 aliphatic carbocycles. The Balaban J connectivity index is 1.76. The van der Waals surface area contributed by atoms with Crippen LogP contribution in [0.1, 0.15) is 5.69 Å². The first kappa shape index (κ1) is 20.6. The van der Waals surface area contributed by atoms with Gasteiger partial charge in [0.2, 0.25) is 5.96 Å². The van der Waals surface area contributed by atoms with E-state index in [4.69, 9.17) is 4.74 Å². The maximum Gasteiger partial charge on any atom is 0.266 e. The van der Waals surface area contributed by atoms with Gasteiger partial charge in [0.25, 0.3) is 10.0 Å². The van der Waals surface area contributed by atoms with Crippen LogP contribution >= 0.6 is 0 Å². The molecule has 1 aliphatic rings. The number of rotatable bonds is 4. The van der Waals surface area contributed by atoms with Crippen molar-refractivity contribution in [3.8, 4) is 11.5 Å². The van der Waals surface area contributed by atoms with Gasteiger partial charge in [0.05, 0.1) is 12.2 Å². The lowest BCUT2D eigenvalue weighted by molar-refractivity contribution is 0.388. The SMILES string of the molecule is O=S1(=O)NC(=NCc2ncccc2F)Nc2c1ccc(F)c2Oc1c(F)cccc1F. The summed E-state index contributed by atoms with van der Waals surface area (Å²) in [6, 6.07) is 7.12. The number of nitrogens with zero attached hydrogens (tertiary/aromatic N) is 2. The highest BCUT2D eigenvalue weighted by Crippen LogP contribution is 2.40. The van der Waals surface area contributed by atoms with E-state index in [0.717, 1.165) is 36.4 Å². The second-order valence-corrected chi connectivity index (χ2v) is 7.88. The van der Waals surface area contributed by atoms with Gasteiger partial charge in [-0.25, -0.2) is 35.7 Å². The Morgan fingerprint density at radius 2 is 1.58 bits per heavy atom. The molecule has 1 aromatic heterocycles. The summed E-state index contributed by atoms with van der Waals surface area (Å²) in [5.74, 6) is -6.04. The van der Waals surface area contributed by atoms with Gasteiger partial charge in [-0.15, -0.1) is 0 Å². The smallest absolute Gasteiger partial charge is 0.266 e. The number of sulfonamides is 1. The van der Waals surface area contributed by atoms with Crippen molar-refractivity contribution >= 4 is 21.7 Å². The van der Waals surface area contributed by atoms with E-state index in [1.165, 1.54) is 12.3 Å². The molecule has 31 heavy (non-hydrogen) atoms. The normalized spacial score (nSPS) is 15.7. The fraction of sp³-hybridized carbons (Fsp3) is 0.0526. The van der Waals surface area contributed by atoms with Gasteiger partial charge in [0.1, 0.15) is 16.4 Å². The van der Waals surface area contributed by atoms with Gasteiger partial charge < -0.3 is 10.1 Å². The Morgan fingerprint density at radius 1 is 0.903 bits per heavy atom. The monoisotopic (exact) mass is 452 g/mol. The fourth-order valence-corrected chi connectivity index (χ4v) is 3.89. The summed E-state index contributed by atoms with van der Waals surface area (Å²) >= 11 is 0. The molecule has 0 fully saturated rings. The topological polar surface area (TPSA) is 92.7 Å². The number of guanidine groups is 1. The number of pyridine rings is 1. The molecule has 2 aromatic carbocycles. The number of fused-ring (bicyclic) bond motifs is 1. The minimum Gasteiger partial charge on any atom is -0.446 e. The Labute approximate surface area is 173 Å². The van der Waals surface area contributed by atoms with E-state index in [1.807, 2.05) is 0 Å². The van der Waals surface area contributed by atoms with Crippen molar-refractivity contribution < 1.29 is 30.7 Å². The first-order chi connectivity index (χ1) is 14.8. The first-order valence-corrected chi connectivity index (χ1v) is 10.1. The standard InChI is InChI=1S/C19H12F4N4O3S/c20-10-5-2-8-24-14(10)9-25-19-26-16-15(31(28,29)27-19)7-6-13(23)18(16)30-17-11(21)3-1-4-12(17)22/h1-8H,9H2,(H2,25,26,27). The van der Waals surface area contributed by atoms with E-state index in [9.17, 15) is 26.0 Å². The summed E-state index contributed by atoms with van der Waals surface area (Å²) in [4.78, 5) is 7.26. The van der Waals surface area contributed by atoms with Crippen molar-refractivity contribution in [3.05, 3.63) is 77.6 Å². The average molecular weight is 452 g/mol. The summed E-state index contributed by atoms with van der Waals surface area (Å²) in [7, 11) is -4.25. The minimum atomic E-state index is -4.25. The molecule has 160 valence electrons. The number of anilines is 1. The first-order valence-electron chi connectivity index (χ1n) is 8.64. The van der Waals surface area contributed by atoms with Gasteiger partial charge in [-0.1, -0.05) is 6.07 Å². The molecule has 0 unspecified atom stereocenters. The van der Waals surface area contributed by atoms with Crippen LogP contribution in [-0.2, 0) is 16.6 Å². The van der Waals surface area contributed by atoms with Crippen LogP contribution in [0.2, 0.25) is 0 Å². The van der Waals surface area contributed by atoms with Crippen molar-refractivity contribution in [1.29, 1.82) is 0 Å². The molecule has 2 N–H and O–H groups in total. The van der Waals surface area contributed by atoms with Gasteiger partial charge in [0.15, 0.2) is 29.0 Å². The number of benzene rings is 2. The van der Waals surface area contributed by atoms with Crippen molar-refractivity contribution in [1.82, 2.24) is 9.71 Å². The molecular formula is C19H12F4N4O3S. The number of halogens is 4. The summed E-state index contributed by atoms with van der Waals surface area (Å²) in [5, 5.41) is 2.51. The molecule has 12 heteroatoms. The summed E-state index contributed by atoms with van der Waals surface area (Å²) in [5.41, 5.74) is -0.493. The highest BCUT2D eigenvalue weighted by Gasteiger charge is 2.32. The van der Waals surface area contributed by atoms with Crippen LogP contribution in [0.25, 0.3) is 0 Å². The van der Waals surface area contributed by atoms with Crippen LogP contribution in [0.15, 0.2) is 58.5 Å². The van der Waals surface area contributed by atoms with Gasteiger partial charge in [-0.05, 0) is 36.4 Å². The largest absolute Gasteiger partial charge is 0.446 e. The van der Waals surface area contributed by atoms with Crippen LogP contribution in [0.5, 0.6) is 11.5 Å². The zero-order chi connectivity index (χ0) is 22.2. The third-order valence-corrected chi connectivity index (χ3v) is 5.56. The Morgan fingerprint density at radius 3 is 2.29 bits per heavy atom. The summed E-state index contributed by atoms with van der Waals surface area (Å²) in [6.07, 6.45) is 1.33. The van der Waals surface area contributed by atoms with Crippen molar-refractivity contribution in [2.45, 2.75) is 11.4 Å². The molecule has 2 heterocycles.